The van der Waals surface area contributed by atoms with Crippen molar-refractivity contribution in [3.63, 3.8) is 0 Å². The van der Waals surface area contributed by atoms with Crippen molar-refractivity contribution < 1.29 is 14.3 Å². The number of nitrogens with one attached hydrogen (secondary N) is 1. The van der Waals surface area contributed by atoms with Crippen molar-refractivity contribution in [2.24, 2.45) is 0 Å². The van der Waals surface area contributed by atoms with E-state index in [-0.39, 0.29) is 29.2 Å². The average molecular weight is 291 g/mol. The highest BCUT2D eigenvalue weighted by molar-refractivity contribution is 5.95. The molecule has 1 aromatic heterocycles. The van der Waals surface area contributed by atoms with Crippen molar-refractivity contribution in [2.75, 3.05) is 26.2 Å². The van der Waals surface area contributed by atoms with E-state index in [2.05, 4.69) is 4.98 Å². The Balaban J connectivity index is 1.84. The van der Waals surface area contributed by atoms with Crippen molar-refractivity contribution >= 4 is 12.0 Å². The van der Waals surface area contributed by atoms with E-state index < -0.39 is 0 Å². The Bertz CT molecular complexity index is 667. The van der Waals surface area contributed by atoms with Crippen LogP contribution in [0.5, 0.6) is 0 Å². The molecule has 21 heavy (non-hydrogen) atoms. The van der Waals surface area contributed by atoms with E-state index in [1.165, 1.54) is 0 Å². The zero-order valence-electron chi connectivity index (χ0n) is 12.0. The number of aromatic amines is 1. The van der Waals surface area contributed by atoms with Crippen LogP contribution in [-0.2, 0) is 4.74 Å². The number of cyclic esters (lactones) is 1. The molecular weight excluding hydrogens is 274 g/mol. The third-order valence-electron chi connectivity index (χ3n) is 3.98. The van der Waals surface area contributed by atoms with Gasteiger partial charge in [-0.3, -0.25) is 14.5 Å². The number of hydrogen-bond donors (Lipinski definition) is 1. The molecule has 0 saturated carbocycles. The van der Waals surface area contributed by atoms with Gasteiger partial charge in [-0.15, -0.1) is 0 Å². The molecule has 0 radical (unpaired) electrons. The molecule has 1 unspecified atom stereocenters. The zero-order chi connectivity index (χ0) is 15.1. The fourth-order valence-corrected chi connectivity index (χ4v) is 2.95. The normalized spacial score (nSPS) is 21.2. The maximum atomic E-state index is 12.6. The van der Waals surface area contributed by atoms with Crippen LogP contribution < -0.4 is 5.56 Å². The Hall–Kier alpha value is -2.31. The van der Waals surface area contributed by atoms with Gasteiger partial charge in [0.05, 0.1) is 6.04 Å². The molecule has 112 valence electrons. The molecule has 2 amide bonds. The first-order valence-corrected chi connectivity index (χ1v) is 6.90. The lowest BCUT2D eigenvalue weighted by Gasteiger charge is -2.35. The van der Waals surface area contributed by atoms with Gasteiger partial charge in [-0.25, -0.2) is 4.79 Å². The van der Waals surface area contributed by atoms with Crippen LogP contribution in [0.3, 0.4) is 0 Å². The van der Waals surface area contributed by atoms with Crippen molar-refractivity contribution in [1.29, 1.82) is 0 Å². The standard InChI is InChI=1S/C14H17N3O4/c1-8-5-9(2)15-12(18)11(8)13(19)16-3-4-17-10(6-16)7-21-14(17)20/h5,10H,3-4,6-7H2,1-2H3,(H,15,18). The lowest BCUT2D eigenvalue weighted by Crippen LogP contribution is -2.54. The number of carbonyl (C=O) groups is 2. The summed E-state index contributed by atoms with van der Waals surface area (Å²) in [5, 5.41) is 0. The second kappa shape index (κ2) is 4.91. The number of H-pyrrole nitrogens is 1. The summed E-state index contributed by atoms with van der Waals surface area (Å²) < 4.78 is 4.98. The largest absolute Gasteiger partial charge is 0.447 e. The smallest absolute Gasteiger partial charge is 0.410 e. The number of ether oxygens (including phenoxy) is 1. The molecule has 1 atom stereocenters. The van der Waals surface area contributed by atoms with E-state index in [1.807, 2.05) is 0 Å². The minimum absolute atomic E-state index is 0.111. The van der Waals surface area contributed by atoms with Gasteiger partial charge in [0, 0.05) is 25.3 Å². The van der Waals surface area contributed by atoms with E-state index in [9.17, 15) is 14.4 Å². The Morgan fingerprint density at radius 2 is 2.10 bits per heavy atom. The second-order valence-corrected chi connectivity index (χ2v) is 5.51. The van der Waals surface area contributed by atoms with Gasteiger partial charge in [-0.05, 0) is 25.5 Å². The van der Waals surface area contributed by atoms with Crippen LogP contribution in [0, 0.1) is 13.8 Å². The molecule has 7 heteroatoms. The molecule has 2 aliphatic heterocycles. The number of rotatable bonds is 1. The van der Waals surface area contributed by atoms with Gasteiger partial charge < -0.3 is 14.6 Å². The summed E-state index contributed by atoms with van der Waals surface area (Å²) in [5.41, 5.74) is 1.22. The number of fused-ring (bicyclic) bond motifs is 1. The molecule has 2 saturated heterocycles. The fourth-order valence-electron chi connectivity index (χ4n) is 2.95. The maximum Gasteiger partial charge on any atom is 0.410 e. The van der Waals surface area contributed by atoms with E-state index in [4.69, 9.17) is 4.74 Å². The Morgan fingerprint density at radius 3 is 2.81 bits per heavy atom. The first-order chi connectivity index (χ1) is 9.97. The number of aromatic nitrogens is 1. The van der Waals surface area contributed by atoms with Crippen LogP contribution in [-0.4, -0.2) is 59.1 Å². The van der Waals surface area contributed by atoms with Crippen molar-refractivity contribution in [3.05, 3.63) is 33.2 Å². The van der Waals surface area contributed by atoms with Crippen molar-refractivity contribution in [2.45, 2.75) is 19.9 Å². The SMILES string of the molecule is Cc1cc(C)c(C(=O)N2CCN3C(=O)OCC3C2)c(=O)[nH]1. The van der Waals surface area contributed by atoms with E-state index in [0.29, 0.717) is 31.8 Å². The number of nitrogens with zero attached hydrogens (tertiary/aromatic N) is 2. The first-order valence-electron chi connectivity index (χ1n) is 6.90. The molecule has 0 bridgehead atoms. The molecule has 0 aromatic carbocycles. The highest BCUT2D eigenvalue weighted by atomic mass is 16.6. The number of carbonyl (C=O) groups excluding carboxylic acids is 2. The van der Waals surface area contributed by atoms with Crippen LogP contribution in [0.25, 0.3) is 0 Å². The number of pyridine rings is 1. The molecule has 2 aliphatic rings. The van der Waals surface area contributed by atoms with Crippen LogP contribution in [0.2, 0.25) is 0 Å². The predicted molar refractivity (Wildman–Crippen MR) is 74.3 cm³/mol. The highest BCUT2D eigenvalue weighted by Crippen LogP contribution is 2.19. The Morgan fingerprint density at radius 1 is 1.33 bits per heavy atom. The highest BCUT2D eigenvalue weighted by Gasteiger charge is 2.39. The quantitative estimate of drug-likeness (QED) is 0.805. The third-order valence-corrected chi connectivity index (χ3v) is 3.98. The Labute approximate surface area is 121 Å². The van der Waals surface area contributed by atoms with Crippen LogP contribution in [0.15, 0.2) is 10.9 Å². The predicted octanol–water partition coefficient (Wildman–Crippen LogP) is 0.268. The summed E-state index contributed by atoms with van der Waals surface area (Å²) in [5.74, 6) is -0.284. The molecule has 3 heterocycles. The summed E-state index contributed by atoms with van der Waals surface area (Å²) >= 11 is 0. The lowest BCUT2D eigenvalue weighted by molar-refractivity contribution is 0.0614. The molecule has 3 rings (SSSR count). The molecule has 0 aliphatic carbocycles. The van der Waals surface area contributed by atoms with E-state index in [0.717, 1.165) is 5.69 Å². The van der Waals surface area contributed by atoms with Gasteiger partial charge in [0.2, 0.25) is 0 Å². The summed E-state index contributed by atoms with van der Waals surface area (Å²) in [6.07, 6.45) is -0.323. The minimum atomic E-state index is -0.362. The number of amides is 2. The number of hydrogen-bond acceptors (Lipinski definition) is 4. The summed E-state index contributed by atoms with van der Waals surface area (Å²) in [6.45, 7) is 5.09. The van der Waals surface area contributed by atoms with Gasteiger partial charge in [-0.2, -0.15) is 0 Å². The van der Waals surface area contributed by atoms with Gasteiger partial charge in [0.25, 0.3) is 11.5 Å². The minimum Gasteiger partial charge on any atom is -0.447 e. The topological polar surface area (TPSA) is 82.7 Å². The van der Waals surface area contributed by atoms with Crippen molar-refractivity contribution in [1.82, 2.24) is 14.8 Å². The molecule has 0 spiro atoms. The van der Waals surface area contributed by atoms with E-state index >= 15 is 0 Å². The summed E-state index contributed by atoms with van der Waals surface area (Å²) in [6, 6.07) is 1.67. The number of aryl methyl sites for hydroxylation is 2. The summed E-state index contributed by atoms with van der Waals surface area (Å²) in [4.78, 5) is 42.0. The zero-order valence-corrected chi connectivity index (χ0v) is 12.0. The first kappa shape index (κ1) is 13.7. The average Bonchev–Trinajstić information content (AvgIpc) is 2.78. The molecule has 1 N–H and O–H groups in total. The van der Waals surface area contributed by atoms with Crippen LogP contribution >= 0.6 is 0 Å². The Kier molecular flexibility index (Phi) is 3.19. The second-order valence-electron chi connectivity index (χ2n) is 5.51. The van der Waals surface area contributed by atoms with Crippen LogP contribution in [0.1, 0.15) is 21.6 Å². The molecular formula is C14H17N3O4. The molecule has 7 nitrogen and oxygen atoms in total. The number of piperazine rings is 1. The molecule has 2 fully saturated rings. The maximum absolute atomic E-state index is 12.6. The summed E-state index contributed by atoms with van der Waals surface area (Å²) in [7, 11) is 0. The molecule has 1 aromatic rings. The van der Waals surface area contributed by atoms with Gasteiger partial charge >= 0.3 is 6.09 Å². The van der Waals surface area contributed by atoms with Gasteiger partial charge in [0.1, 0.15) is 12.2 Å². The van der Waals surface area contributed by atoms with E-state index in [1.54, 1.807) is 29.7 Å². The lowest BCUT2D eigenvalue weighted by atomic mass is 10.1. The fraction of sp³-hybridized carbons (Fsp3) is 0.500. The van der Waals surface area contributed by atoms with Crippen LogP contribution in [0.4, 0.5) is 4.79 Å². The monoisotopic (exact) mass is 291 g/mol. The van der Waals surface area contributed by atoms with Gasteiger partial charge in [0.15, 0.2) is 0 Å². The van der Waals surface area contributed by atoms with Gasteiger partial charge in [-0.1, -0.05) is 0 Å². The van der Waals surface area contributed by atoms with Crippen molar-refractivity contribution in [3.8, 4) is 0 Å². The third kappa shape index (κ3) is 2.28.